The zero-order valence-corrected chi connectivity index (χ0v) is 11.3. The smallest absolute Gasteiger partial charge is 0.326 e. The number of likely N-dealkylation sites (N-methyl/N-ethyl adjacent to an activating group) is 1. The maximum absolute atomic E-state index is 11.9. The summed E-state index contributed by atoms with van der Waals surface area (Å²) in [5.74, 6) is -0.896. The van der Waals surface area contributed by atoms with Crippen LogP contribution in [0.15, 0.2) is 0 Å². The molecule has 1 rings (SSSR count). The summed E-state index contributed by atoms with van der Waals surface area (Å²) in [4.78, 5) is 26.5. The fourth-order valence-electron chi connectivity index (χ4n) is 2.16. The molecule has 1 saturated heterocycles. The Kier molecular flexibility index (Phi) is 5.40. The van der Waals surface area contributed by atoms with E-state index in [-0.39, 0.29) is 11.9 Å². The van der Waals surface area contributed by atoms with E-state index in [2.05, 4.69) is 10.2 Å². The summed E-state index contributed by atoms with van der Waals surface area (Å²) < 4.78 is 0. The van der Waals surface area contributed by atoms with Crippen molar-refractivity contribution in [2.45, 2.75) is 26.3 Å². The lowest BCUT2D eigenvalue weighted by atomic mass is 10.0. The average Bonchev–Trinajstić information content (AvgIpc) is 2.70. The predicted octanol–water partition coefficient (Wildman–Crippen LogP) is 0.443. The van der Waals surface area contributed by atoms with Crippen molar-refractivity contribution in [1.29, 1.82) is 0 Å². The Morgan fingerprint density at radius 3 is 2.72 bits per heavy atom. The third-order valence-corrected chi connectivity index (χ3v) is 3.52. The SMILES string of the molecule is CCN(C)CCNC(=O)N1CCC(C)C1C(=O)O. The first-order chi connectivity index (χ1) is 8.47. The molecule has 6 nitrogen and oxygen atoms in total. The lowest BCUT2D eigenvalue weighted by Gasteiger charge is -2.24. The zero-order valence-electron chi connectivity index (χ0n) is 11.3. The summed E-state index contributed by atoms with van der Waals surface area (Å²) in [6.45, 7) is 6.67. The van der Waals surface area contributed by atoms with E-state index < -0.39 is 12.0 Å². The number of amides is 2. The molecule has 18 heavy (non-hydrogen) atoms. The molecule has 2 N–H and O–H groups in total. The monoisotopic (exact) mass is 257 g/mol. The molecule has 0 aromatic heterocycles. The molecule has 2 amide bonds. The van der Waals surface area contributed by atoms with Gasteiger partial charge in [-0.05, 0) is 25.9 Å². The maximum Gasteiger partial charge on any atom is 0.326 e. The van der Waals surface area contributed by atoms with Gasteiger partial charge in [0.05, 0.1) is 0 Å². The second kappa shape index (κ2) is 6.58. The van der Waals surface area contributed by atoms with Crippen LogP contribution < -0.4 is 5.32 Å². The van der Waals surface area contributed by atoms with Crippen LogP contribution in [0, 0.1) is 5.92 Å². The largest absolute Gasteiger partial charge is 0.480 e. The van der Waals surface area contributed by atoms with Gasteiger partial charge in [-0.2, -0.15) is 0 Å². The highest BCUT2D eigenvalue weighted by Gasteiger charge is 2.39. The molecule has 0 radical (unpaired) electrons. The predicted molar refractivity (Wildman–Crippen MR) is 68.5 cm³/mol. The Hall–Kier alpha value is -1.30. The number of nitrogens with one attached hydrogen (secondary N) is 1. The number of carbonyl (C=O) groups excluding carboxylic acids is 1. The molecular formula is C12H23N3O3. The van der Waals surface area contributed by atoms with Crippen molar-refractivity contribution < 1.29 is 14.7 Å². The number of carboxylic acids is 1. The topological polar surface area (TPSA) is 72.9 Å². The van der Waals surface area contributed by atoms with E-state index in [9.17, 15) is 9.59 Å². The van der Waals surface area contributed by atoms with Gasteiger partial charge in [-0.3, -0.25) is 0 Å². The Labute approximate surface area is 108 Å². The van der Waals surface area contributed by atoms with Crippen LogP contribution in [0.3, 0.4) is 0 Å². The molecule has 6 heteroatoms. The van der Waals surface area contributed by atoms with Crippen LogP contribution >= 0.6 is 0 Å². The van der Waals surface area contributed by atoms with Crippen molar-refractivity contribution in [3.8, 4) is 0 Å². The number of carboxylic acid groups (broad SMARTS) is 1. The second-order valence-electron chi connectivity index (χ2n) is 4.87. The molecule has 0 bridgehead atoms. The minimum absolute atomic E-state index is 0.0200. The van der Waals surface area contributed by atoms with Gasteiger partial charge < -0.3 is 20.2 Å². The molecule has 1 aliphatic rings. The first-order valence-electron chi connectivity index (χ1n) is 6.43. The summed E-state index contributed by atoms with van der Waals surface area (Å²) in [7, 11) is 1.98. The van der Waals surface area contributed by atoms with E-state index in [1.54, 1.807) is 0 Å². The normalized spacial score (nSPS) is 23.4. The fourth-order valence-corrected chi connectivity index (χ4v) is 2.16. The maximum atomic E-state index is 11.9. The van der Waals surface area contributed by atoms with E-state index in [4.69, 9.17) is 5.11 Å². The van der Waals surface area contributed by atoms with Crippen LogP contribution in [0.25, 0.3) is 0 Å². The molecule has 1 aliphatic heterocycles. The lowest BCUT2D eigenvalue weighted by Crippen LogP contribution is -2.48. The van der Waals surface area contributed by atoms with E-state index >= 15 is 0 Å². The van der Waals surface area contributed by atoms with Gasteiger partial charge in [-0.15, -0.1) is 0 Å². The number of aliphatic carboxylic acids is 1. The fraction of sp³-hybridized carbons (Fsp3) is 0.833. The number of carbonyl (C=O) groups is 2. The van der Waals surface area contributed by atoms with Gasteiger partial charge in [0.2, 0.25) is 0 Å². The minimum atomic E-state index is -0.916. The average molecular weight is 257 g/mol. The van der Waals surface area contributed by atoms with Crippen LogP contribution in [-0.4, -0.2) is 66.2 Å². The van der Waals surface area contributed by atoms with Crippen molar-refractivity contribution in [1.82, 2.24) is 15.1 Å². The first-order valence-corrected chi connectivity index (χ1v) is 6.43. The number of rotatable bonds is 5. The van der Waals surface area contributed by atoms with Crippen LogP contribution in [0.2, 0.25) is 0 Å². The Morgan fingerprint density at radius 1 is 1.50 bits per heavy atom. The molecule has 2 atom stereocenters. The van der Waals surface area contributed by atoms with Crippen LogP contribution in [0.5, 0.6) is 0 Å². The molecule has 0 saturated carbocycles. The molecule has 104 valence electrons. The summed E-state index contributed by atoms with van der Waals surface area (Å²) >= 11 is 0. The molecule has 0 aromatic carbocycles. The molecule has 1 fully saturated rings. The van der Waals surface area contributed by atoms with Gasteiger partial charge in [-0.1, -0.05) is 13.8 Å². The molecular weight excluding hydrogens is 234 g/mol. The number of likely N-dealkylation sites (tertiary alicyclic amines) is 1. The zero-order chi connectivity index (χ0) is 13.7. The standard InChI is InChI=1S/C12H23N3O3/c1-4-14(3)8-6-13-12(18)15-7-5-9(2)10(15)11(16)17/h9-10H,4-8H2,1-3H3,(H,13,18)(H,16,17). The van der Waals surface area contributed by atoms with E-state index in [1.165, 1.54) is 4.90 Å². The summed E-state index contributed by atoms with van der Waals surface area (Å²) in [5, 5.41) is 11.9. The van der Waals surface area contributed by atoms with Crippen molar-refractivity contribution in [3.05, 3.63) is 0 Å². The van der Waals surface area contributed by atoms with Gasteiger partial charge in [0.25, 0.3) is 0 Å². The highest BCUT2D eigenvalue weighted by Crippen LogP contribution is 2.23. The van der Waals surface area contributed by atoms with Gasteiger partial charge in [0.15, 0.2) is 0 Å². The lowest BCUT2D eigenvalue weighted by molar-refractivity contribution is -0.142. The highest BCUT2D eigenvalue weighted by molar-refractivity contribution is 5.83. The number of hydrogen-bond donors (Lipinski definition) is 2. The van der Waals surface area contributed by atoms with Gasteiger partial charge in [-0.25, -0.2) is 9.59 Å². The quantitative estimate of drug-likeness (QED) is 0.749. The number of nitrogens with zero attached hydrogens (tertiary/aromatic N) is 2. The van der Waals surface area contributed by atoms with Crippen molar-refractivity contribution in [2.24, 2.45) is 5.92 Å². The molecule has 0 aromatic rings. The highest BCUT2D eigenvalue weighted by atomic mass is 16.4. The van der Waals surface area contributed by atoms with E-state index in [0.29, 0.717) is 13.1 Å². The summed E-state index contributed by atoms with van der Waals surface area (Å²) in [6.07, 6.45) is 0.749. The first kappa shape index (κ1) is 14.8. The summed E-state index contributed by atoms with van der Waals surface area (Å²) in [6, 6.07) is -0.954. The van der Waals surface area contributed by atoms with Crippen LogP contribution in [0.1, 0.15) is 20.3 Å². The Bertz CT molecular complexity index is 309. The molecule has 2 unspecified atom stereocenters. The Balaban J connectivity index is 2.44. The number of hydrogen-bond acceptors (Lipinski definition) is 3. The second-order valence-corrected chi connectivity index (χ2v) is 4.87. The third-order valence-electron chi connectivity index (χ3n) is 3.52. The Morgan fingerprint density at radius 2 is 2.17 bits per heavy atom. The third kappa shape index (κ3) is 3.60. The van der Waals surface area contributed by atoms with Gasteiger partial charge in [0.1, 0.15) is 6.04 Å². The summed E-state index contributed by atoms with van der Waals surface area (Å²) in [5.41, 5.74) is 0. The van der Waals surface area contributed by atoms with Crippen molar-refractivity contribution in [2.75, 3.05) is 33.2 Å². The van der Waals surface area contributed by atoms with Gasteiger partial charge in [0, 0.05) is 19.6 Å². The van der Waals surface area contributed by atoms with Crippen molar-refractivity contribution in [3.63, 3.8) is 0 Å². The van der Waals surface area contributed by atoms with Crippen LogP contribution in [-0.2, 0) is 4.79 Å². The van der Waals surface area contributed by atoms with Gasteiger partial charge >= 0.3 is 12.0 Å². The van der Waals surface area contributed by atoms with Crippen molar-refractivity contribution >= 4 is 12.0 Å². The van der Waals surface area contributed by atoms with Crippen LogP contribution in [0.4, 0.5) is 4.79 Å². The molecule has 0 aliphatic carbocycles. The molecule has 0 spiro atoms. The van der Waals surface area contributed by atoms with E-state index in [0.717, 1.165) is 19.5 Å². The number of urea groups is 1. The minimum Gasteiger partial charge on any atom is -0.480 e. The molecule has 1 heterocycles. The van der Waals surface area contributed by atoms with E-state index in [1.807, 2.05) is 20.9 Å².